The van der Waals surface area contributed by atoms with Crippen molar-refractivity contribution in [1.29, 1.82) is 5.26 Å². The number of rotatable bonds is 6. The zero-order valence-electron chi connectivity index (χ0n) is 18.5. The van der Waals surface area contributed by atoms with E-state index in [-0.39, 0.29) is 6.10 Å². The molecule has 1 fully saturated rings. The van der Waals surface area contributed by atoms with E-state index in [1.807, 2.05) is 71.4 Å². The van der Waals surface area contributed by atoms with Gasteiger partial charge >= 0.3 is 0 Å². The smallest absolute Gasteiger partial charge is 0.125 e. The van der Waals surface area contributed by atoms with E-state index in [1.165, 1.54) is 32.1 Å². The maximum Gasteiger partial charge on any atom is 0.125 e. The minimum absolute atomic E-state index is 0.303. The molecule has 1 atom stereocenters. The second kappa shape index (κ2) is 9.79. The van der Waals surface area contributed by atoms with Crippen LogP contribution in [0, 0.1) is 17.2 Å². The Morgan fingerprint density at radius 3 is 2.42 bits per heavy atom. The molecule has 0 aliphatic heterocycles. The zero-order valence-corrected chi connectivity index (χ0v) is 19.2. The summed E-state index contributed by atoms with van der Waals surface area (Å²) in [6, 6.07) is 25.8. The van der Waals surface area contributed by atoms with Crippen LogP contribution in [-0.4, -0.2) is 16.4 Å². The molecule has 4 aromatic rings. The van der Waals surface area contributed by atoms with Crippen molar-refractivity contribution in [3.63, 3.8) is 0 Å². The topological polar surface area (TPSA) is 50.8 Å². The highest BCUT2D eigenvalue weighted by Crippen LogP contribution is 2.35. The van der Waals surface area contributed by atoms with E-state index in [9.17, 15) is 5.26 Å². The molecule has 1 aromatic heterocycles. The number of hydrogen-bond donors (Lipinski definition) is 0. The molecule has 3 aromatic carbocycles. The van der Waals surface area contributed by atoms with Gasteiger partial charge in [-0.3, -0.25) is 0 Å². The van der Waals surface area contributed by atoms with Gasteiger partial charge in [0.05, 0.1) is 35.1 Å². The largest absolute Gasteiger partial charge is 0.367 e. The molecule has 1 heterocycles. The van der Waals surface area contributed by atoms with Crippen molar-refractivity contribution in [2.24, 2.45) is 5.92 Å². The van der Waals surface area contributed by atoms with E-state index in [4.69, 9.17) is 21.4 Å². The minimum Gasteiger partial charge on any atom is -0.367 e. The SMILES string of the molecule is N#Cc1ccc(C(OCC2CCCCC2)c2c3ccccc3nn2-c2ccc(Cl)cc2)cc1. The van der Waals surface area contributed by atoms with E-state index >= 15 is 0 Å². The first kappa shape index (κ1) is 21.7. The molecule has 1 aliphatic carbocycles. The predicted molar refractivity (Wildman–Crippen MR) is 132 cm³/mol. The van der Waals surface area contributed by atoms with Crippen LogP contribution in [0.3, 0.4) is 0 Å². The van der Waals surface area contributed by atoms with Gasteiger partial charge in [0, 0.05) is 10.4 Å². The van der Waals surface area contributed by atoms with E-state index in [2.05, 4.69) is 12.1 Å². The Labute approximate surface area is 199 Å². The van der Waals surface area contributed by atoms with Crippen molar-refractivity contribution in [3.05, 3.63) is 94.6 Å². The average molecular weight is 456 g/mol. The Hall–Kier alpha value is -3.13. The van der Waals surface area contributed by atoms with Crippen LogP contribution in [0.25, 0.3) is 16.6 Å². The number of nitrogens with zero attached hydrogens (tertiary/aromatic N) is 3. The van der Waals surface area contributed by atoms with Gasteiger partial charge in [0.2, 0.25) is 0 Å². The van der Waals surface area contributed by atoms with Crippen LogP contribution in [-0.2, 0) is 4.74 Å². The number of aromatic nitrogens is 2. The summed E-state index contributed by atoms with van der Waals surface area (Å²) in [5.41, 5.74) is 4.51. The maximum atomic E-state index is 9.27. The third-order valence-corrected chi connectivity index (χ3v) is 6.75. The lowest BCUT2D eigenvalue weighted by Gasteiger charge is -2.26. The highest BCUT2D eigenvalue weighted by Gasteiger charge is 2.26. The molecule has 1 unspecified atom stereocenters. The number of hydrogen-bond acceptors (Lipinski definition) is 3. The van der Waals surface area contributed by atoms with Crippen LogP contribution in [0.1, 0.15) is 55.0 Å². The molecule has 0 saturated heterocycles. The molecule has 1 aliphatic rings. The summed E-state index contributed by atoms with van der Waals surface area (Å²) in [6.45, 7) is 0.713. The van der Waals surface area contributed by atoms with Gasteiger partial charge in [-0.2, -0.15) is 10.4 Å². The number of halogens is 1. The van der Waals surface area contributed by atoms with Gasteiger partial charge < -0.3 is 4.74 Å². The quantitative estimate of drug-likeness (QED) is 0.308. The van der Waals surface area contributed by atoms with Crippen LogP contribution in [0.5, 0.6) is 0 Å². The monoisotopic (exact) mass is 455 g/mol. The fourth-order valence-corrected chi connectivity index (χ4v) is 4.86. The highest BCUT2D eigenvalue weighted by molar-refractivity contribution is 6.30. The fraction of sp³-hybridized carbons (Fsp3) is 0.286. The van der Waals surface area contributed by atoms with E-state index < -0.39 is 0 Å². The Balaban J connectivity index is 1.62. The predicted octanol–water partition coefficient (Wildman–Crippen LogP) is 7.24. The molecule has 0 N–H and O–H groups in total. The summed E-state index contributed by atoms with van der Waals surface area (Å²) >= 11 is 6.16. The summed E-state index contributed by atoms with van der Waals surface area (Å²) in [4.78, 5) is 0. The van der Waals surface area contributed by atoms with E-state index in [0.29, 0.717) is 23.1 Å². The van der Waals surface area contributed by atoms with Gasteiger partial charge in [-0.15, -0.1) is 0 Å². The summed E-state index contributed by atoms with van der Waals surface area (Å²) in [5.74, 6) is 0.581. The zero-order chi connectivity index (χ0) is 22.6. The highest BCUT2D eigenvalue weighted by atomic mass is 35.5. The van der Waals surface area contributed by atoms with E-state index in [0.717, 1.165) is 27.8 Å². The lowest BCUT2D eigenvalue weighted by molar-refractivity contribution is 0.0392. The molecule has 0 spiro atoms. The fourth-order valence-electron chi connectivity index (χ4n) is 4.74. The van der Waals surface area contributed by atoms with Gasteiger partial charge in [0.1, 0.15) is 6.10 Å². The lowest BCUT2D eigenvalue weighted by atomic mass is 9.90. The second-order valence-electron chi connectivity index (χ2n) is 8.74. The van der Waals surface area contributed by atoms with E-state index in [1.54, 1.807) is 0 Å². The number of ether oxygens (including phenoxy) is 1. The average Bonchev–Trinajstić information content (AvgIpc) is 3.25. The molecule has 0 radical (unpaired) electrons. The molecule has 0 bridgehead atoms. The van der Waals surface area contributed by atoms with Gasteiger partial charge in [0.25, 0.3) is 0 Å². The van der Waals surface area contributed by atoms with Crippen molar-refractivity contribution in [1.82, 2.24) is 9.78 Å². The van der Waals surface area contributed by atoms with Crippen LogP contribution >= 0.6 is 11.6 Å². The van der Waals surface area contributed by atoms with Gasteiger partial charge in [-0.1, -0.05) is 61.2 Å². The van der Waals surface area contributed by atoms with Crippen LogP contribution in [0.4, 0.5) is 0 Å². The van der Waals surface area contributed by atoms with Crippen molar-refractivity contribution in [2.45, 2.75) is 38.2 Å². The molecule has 5 rings (SSSR count). The standard InChI is InChI=1S/C28H26ClN3O/c29-23-14-16-24(17-15-23)32-27(25-8-4-5-9-26(25)31-32)28(22-12-10-20(18-30)11-13-22)33-19-21-6-2-1-3-7-21/h4-5,8-17,21,28H,1-3,6-7,19H2. The first-order chi connectivity index (χ1) is 16.2. The normalized spacial score (nSPS) is 15.4. The molecule has 4 nitrogen and oxygen atoms in total. The van der Waals surface area contributed by atoms with Gasteiger partial charge in [-0.05, 0) is 66.8 Å². The Kier molecular flexibility index (Phi) is 6.44. The van der Waals surface area contributed by atoms with Crippen molar-refractivity contribution in [2.75, 3.05) is 6.61 Å². The Morgan fingerprint density at radius 1 is 0.970 bits per heavy atom. The maximum absolute atomic E-state index is 9.27. The third kappa shape index (κ3) is 4.66. The molecular formula is C28H26ClN3O. The Morgan fingerprint density at radius 2 is 1.70 bits per heavy atom. The molecule has 5 heteroatoms. The lowest BCUT2D eigenvalue weighted by Crippen LogP contribution is -2.19. The van der Waals surface area contributed by atoms with Crippen LogP contribution in [0.15, 0.2) is 72.8 Å². The van der Waals surface area contributed by atoms with Gasteiger partial charge in [0.15, 0.2) is 0 Å². The third-order valence-electron chi connectivity index (χ3n) is 6.50. The number of benzene rings is 3. The summed E-state index contributed by atoms with van der Waals surface area (Å²) in [7, 11) is 0. The summed E-state index contributed by atoms with van der Waals surface area (Å²) in [5, 5.41) is 16.0. The minimum atomic E-state index is -0.303. The second-order valence-corrected chi connectivity index (χ2v) is 9.18. The number of nitriles is 1. The van der Waals surface area contributed by atoms with Crippen molar-refractivity contribution >= 4 is 22.5 Å². The first-order valence-corrected chi connectivity index (χ1v) is 12.0. The molecule has 0 amide bonds. The Bertz CT molecular complexity index is 1270. The molecule has 1 saturated carbocycles. The van der Waals surface area contributed by atoms with Gasteiger partial charge in [-0.25, -0.2) is 4.68 Å². The summed E-state index contributed by atoms with van der Waals surface area (Å²) < 4.78 is 8.69. The number of fused-ring (bicyclic) bond motifs is 1. The summed E-state index contributed by atoms with van der Waals surface area (Å²) in [6.07, 6.45) is 6.02. The first-order valence-electron chi connectivity index (χ1n) is 11.6. The molecular weight excluding hydrogens is 430 g/mol. The van der Waals surface area contributed by atoms with Crippen molar-refractivity contribution in [3.8, 4) is 11.8 Å². The van der Waals surface area contributed by atoms with Crippen molar-refractivity contribution < 1.29 is 4.74 Å². The van der Waals surface area contributed by atoms with Crippen LogP contribution in [0.2, 0.25) is 5.02 Å². The molecule has 166 valence electrons. The molecule has 33 heavy (non-hydrogen) atoms. The van der Waals surface area contributed by atoms with Crippen LogP contribution < -0.4 is 0 Å².